The summed E-state index contributed by atoms with van der Waals surface area (Å²) in [6, 6.07) is -0.372. The van der Waals surface area contributed by atoms with Gasteiger partial charge in [-0.3, -0.25) is 4.79 Å². The van der Waals surface area contributed by atoms with Gasteiger partial charge in [0.1, 0.15) is 0 Å². The third kappa shape index (κ3) is 3.13. The van der Waals surface area contributed by atoms with E-state index in [1.165, 1.54) is 7.11 Å². The normalized spacial score (nSPS) is 33.8. The van der Waals surface area contributed by atoms with Crippen LogP contribution in [0.2, 0.25) is 0 Å². The summed E-state index contributed by atoms with van der Waals surface area (Å²) >= 11 is 23.3. The van der Waals surface area contributed by atoms with Crippen molar-refractivity contribution >= 4 is 58.3 Å². The van der Waals surface area contributed by atoms with Crippen LogP contribution >= 0.6 is 46.4 Å². The molecular weight excluding hydrogens is 348 g/mol. The summed E-state index contributed by atoms with van der Waals surface area (Å²) in [4.78, 5) is 25.8. The fourth-order valence-corrected chi connectivity index (χ4v) is 4.05. The van der Waals surface area contributed by atoms with Crippen molar-refractivity contribution in [2.75, 3.05) is 7.11 Å². The van der Waals surface area contributed by atoms with Gasteiger partial charge in [-0.25, -0.2) is 4.79 Å². The average Bonchev–Trinajstić information content (AvgIpc) is 2.35. The number of methoxy groups -OCH3 is 1. The monoisotopic (exact) mass is 361 g/mol. The van der Waals surface area contributed by atoms with E-state index in [2.05, 4.69) is 0 Å². The number of Topliss-reactive ketones (excluding diaryl/α,β-unsaturated/α-hetero) is 1. The maximum Gasteiger partial charge on any atom is 0.410 e. The molecule has 0 radical (unpaired) electrons. The molecular formula is C12H15Cl4NO3. The van der Waals surface area contributed by atoms with E-state index in [1.807, 2.05) is 0 Å². The zero-order valence-electron chi connectivity index (χ0n) is 10.8. The minimum atomic E-state index is -1.97. The summed E-state index contributed by atoms with van der Waals surface area (Å²) < 4.78 is 2.83. The number of fused-ring (bicyclic) bond motifs is 2. The van der Waals surface area contributed by atoms with Gasteiger partial charge in [0.2, 0.25) is 3.79 Å². The van der Waals surface area contributed by atoms with E-state index in [-0.39, 0.29) is 17.5 Å². The second-order valence-corrected chi connectivity index (χ2v) is 8.11. The molecule has 0 aromatic carbocycles. The quantitative estimate of drug-likeness (QED) is 0.670. The number of alkyl halides is 4. The van der Waals surface area contributed by atoms with Crippen molar-refractivity contribution in [1.82, 2.24) is 4.90 Å². The number of halogens is 4. The lowest BCUT2D eigenvalue weighted by molar-refractivity contribution is -0.127. The molecule has 1 amide bonds. The Hall–Kier alpha value is 0.1000. The average molecular weight is 363 g/mol. The lowest BCUT2D eigenvalue weighted by atomic mass is 9.76. The molecule has 8 heteroatoms. The second-order valence-electron chi connectivity index (χ2n) is 5.21. The van der Waals surface area contributed by atoms with Gasteiger partial charge < -0.3 is 9.64 Å². The van der Waals surface area contributed by atoms with Crippen molar-refractivity contribution in [3.05, 3.63) is 0 Å². The molecule has 2 fully saturated rings. The van der Waals surface area contributed by atoms with Crippen molar-refractivity contribution in [1.29, 1.82) is 0 Å². The molecule has 2 aliphatic heterocycles. The van der Waals surface area contributed by atoms with E-state index in [0.29, 0.717) is 25.7 Å². The minimum Gasteiger partial charge on any atom is -0.453 e. The van der Waals surface area contributed by atoms with Gasteiger partial charge in [0.15, 0.2) is 5.78 Å². The molecule has 2 aliphatic rings. The van der Waals surface area contributed by atoms with Gasteiger partial charge in [-0.15, -0.1) is 11.6 Å². The van der Waals surface area contributed by atoms with Crippen molar-refractivity contribution < 1.29 is 14.3 Å². The lowest BCUT2D eigenvalue weighted by Gasteiger charge is -2.50. The van der Waals surface area contributed by atoms with E-state index < -0.39 is 21.6 Å². The number of amides is 1. The van der Waals surface area contributed by atoms with E-state index in [9.17, 15) is 9.59 Å². The molecule has 4 unspecified atom stereocenters. The molecule has 0 saturated carbocycles. The molecule has 4 atom stereocenters. The maximum atomic E-state index is 12.3. The van der Waals surface area contributed by atoms with E-state index in [1.54, 1.807) is 4.90 Å². The highest BCUT2D eigenvalue weighted by Crippen LogP contribution is 2.43. The van der Waals surface area contributed by atoms with Crippen LogP contribution in [0.3, 0.4) is 0 Å². The first-order chi connectivity index (χ1) is 9.25. The fraction of sp³-hybridized carbons (Fsp3) is 0.833. The first-order valence-corrected chi connectivity index (χ1v) is 7.94. The number of hydrogen-bond acceptors (Lipinski definition) is 3. The van der Waals surface area contributed by atoms with Crippen LogP contribution in [0.25, 0.3) is 0 Å². The van der Waals surface area contributed by atoms with Gasteiger partial charge in [-0.2, -0.15) is 0 Å². The predicted octanol–water partition coefficient (Wildman–Crippen LogP) is 3.54. The number of ether oxygens (including phenoxy) is 1. The lowest BCUT2D eigenvalue weighted by Crippen LogP contribution is -2.60. The number of ketones is 1. The third-order valence-corrected chi connectivity index (χ3v) is 4.97. The van der Waals surface area contributed by atoms with Crippen LogP contribution in [0.5, 0.6) is 0 Å². The number of hydrogen-bond donors (Lipinski definition) is 0. The minimum absolute atomic E-state index is 0.0110. The number of carbonyl (C=O) groups is 2. The Morgan fingerprint density at radius 1 is 1.20 bits per heavy atom. The molecule has 2 rings (SSSR count). The first-order valence-electron chi connectivity index (χ1n) is 6.37. The van der Waals surface area contributed by atoms with Gasteiger partial charge in [-0.1, -0.05) is 34.8 Å². The Morgan fingerprint density at radius 2 is 1.85 bits per heavy atom. The van der Waals surface area contributed by atoms with Gasteiger partial charge in [0.05, 0.1) is 7.11 Å². The first kappa shape index (κ1) is 16.5. The Labute approximate surface area is 137 Å². The molecule has 2 saturated heterocycles. The van der Waals surface area contributed by atoms with Gasteiger partial charge >= 0.3 is 6.09 Å². The molecule has 2 heterocycles. The topological polar surface area (TPSA) is 46.6 Å². The van der Waals surface area contributed by atoms with E-state index in [0.717, 1.165) is 0 Å². The highest BCUT2D eigenvalue weighted by Gasteiger charge is 2.51. The molecule has 4 nitrogen and oxygen atoms in total. The van der Waals surface area contributed by atoms with Crippen LogP contribution in [0, 0.1) is 5.92 Å². The third-order valence-electron chi connectivity index (χ3n) is 4.05. The van der Waals surface area contributed by atoms with Crippen molar-refractivity contribution in [3.63, 3.8) is 0 Å². The second kappa shape index (κ2) is 6.07. The summed E-state index contributed by atoms with van der Waals surface area (Å²) in [5, 5.41) is -0.0862. The van der Waals surface area contributed by atoms with Crippen molar-refractivity contribution in [2.45, 2.75) is 46.9 Å². The zero-order valence-corrected chi connectivity index (χ0v) is 13.8. The Morgan fingerprint density at radius 3 is 2.40 bits per heavy atom. The predicted molar refractivity (Wildman–Crippen MR) is 78.7 cm³/mol. The SMILES string of the molecule is COC(=O)N1C2CCC(C(=O)C(Cl)(Cl)Cl)C1CC(Cl)C2. The van der Waals surface area contributed by atoms with Crippen LogP contribution in [0.15, 0.2) is 0 Å². The number of piperidine rings is 2. The summed E-state index contributed by atoms with van der Waals surface area (Å²) in [6.07, 6.45) is 2.00. The standard InChI is InChI=1S/C12H15Cl4NO3/c1-20-11(19)17-7-2-3-8(10(18)12(14,15)16)9(17)5-6(13)4-7/h6-9H,2-5H2,1H3. The van der Waals surface area contributed by atoms with Crippen molar-refractivity contribution in [2.24, 2.45) is 5.92 Å². The Bertz CT molecular complexity index is 412. The molecule has 0 aromatic heterocycles. The van der Waals surface area contributed by atoms with E-state index >= 15 is 0 Å². The molecule has 20 heavy (non-hydrogen) atoms. The zero-order chi connectivity index (χ0) is 15.1. The molecule has 2 bridgehead atoms. The highest BCUT2D eigenvalue weighted by atomic mass is 35.6. The van der Waals surface area contributed by atoms with Gasteiger partial charge in [0, 0.05) is 23.4 Å². The van der Waals surface area contributed by atoms with Crippen LogP contribution in [0.4, 0.5) is 4.79 Å². The summed E-state index contributed by atoms with van der Waals surface area (Å²) in [5.41, 5.74) is 0. The number of carbonyl (C=O) groups excluding carboxylic acids is 2. The summed E-state index contributed by atoms with van der Waals surface area (Å²) in [6.45, 7) is 0. The largest absolute Gasteiger partial charge is 0.453 e. The molecule has 114 valence electrons. The molecule has 0 aliphatic carbocycles. The van der Waals surface area contributed by atoms with Crippen LogP contribution in [0.1, 0.15) is 25.7 Å². The van der Waals surface area contributed by atoms with Crippen LogP contribution in [-0.4, -0.2) is 45.1 Å². The maximum absolute atomic E-state index is 12.3. The van der Waals surface area contributed by atoms with Gasteiger partial charge in [-0.05, 0) is 25.7 Å². The molecule has 0 spiro atoms. The Balaban J connectivity index is 2.28. The van der Waals surface area contributed by atoms with Gasteiger partial charge in [0.25, 0.3) is 0 Å². The smallest absolute Gasteiger partial charge is 0.410 e. The number of rotatable bonds is 1. The van der Waals surface area contributed by atoms with E-state index in [4.69, 9.17) is 51.1 Å². The fourth-order valence-electron chi connectivity index (χ4n) is 3.24. The number of nitrogens with zero attached hydrogens (tertiary/aromatic N) is 1. The highest BCUT2D eigenvalue weighted by molar-refractivity contribution is 6.76. The summed E-state index contributed by atoms with van der Waals surface area (Å²) in [7, 11) is 1.32. The molecule has 0 N–H and O–H groups in total. The van der Waals surface area contributed by atoms with Crippen LogP contribution in [-0.2, 0) is 9.53 Å². The van der Waals surface area contributed by atoms with Crippen LogP contribution < -0.4 is 0 Å². The Kier molecular flexibility index (Phi) is 5.00. The van der Waals surface area contributed by atoms with Crippen molar-refractivity contribution in [3.8, 4) is 0 Å². The summed E-state index contributed by atoms with van der Waals surface area (Å²) in [5.74, 6) is -0.995. The molecule has 0 aromatic rings.